The van der Waals surface area contributed by atoms with Crippen molar-refractivity contribution < 1.29 is 9.90 Å². The van der Waals surface area contributed by atoms with E-state index in [-0.39, 0.29) is 5.92 Å². The molecule has 1 aromatic rings. The van der Waals surface area contributed by atoms with Crippen molar-refractivity contribution >= 4 is 17.3 Å². The maximum absolute atomic E-state index is 11.2. The minimum Gasteiger partial charge on any atom is -0.477 e. The molecule has 1 aliphatic heterocycles. The number of hydrogen-bond acceptors (Lipinski definition) is 5. The largest absolute Gasteiger partial charge is 0.477 e. The predicted octanol–water partition coefficient (Wildman–Crippen LogP) is 1.41. The highest BCUT2D eigenvalue weighted by Gasteiger charge is 2.20. The third-order valence-corrected chi connectivity index (χ3v) is 4.41. The Kier molecular flexibility index (Phi) is 4.90. The van der Waals surface area contributed by atoms with Crippen LogP contribution in [0.4, 0.5) is 0 Å². The number of thiazole rings is 1. The molecule has 0 aromatic carbocycles. The number of hydrogen-bond donors (Lipinski definition) is 2. The summed E-state index contributed by atoms with van der Waals surface area (Å²) in [5.74, 6) is -0.690. The second-order valence-corrected chi connectivity index (χ2v) is 6.21. The fourth-order valence-corrected chi connectivity index (χ4v) is 3.26. The zero-order valence-corrected chi connectivity index (χ0v) is 12.3. The van der Waals surface area contributed by atoms with Gasteiger partial charge in [0.2, 0.25) is 0 Å². The van der Waals surface area contributed by atoms with E-state index in [1.54, 1.807) is 0 Å². The van der Waals surface area contributed by atoms with Crippen LogP contribution in [0.25, 0.3) is 0 Å². The molecule has 5 nitrogen and oxygen atoms in total. The van der Waals surface area contributed by atoms with E-state index < -0.39 is 5.97 Å². The number of piperazine rings is 1. The molecule has 0 saturated carbocycles. The minimum absolute atomic E-state index is 0.162. The highest BCUT2D eigenvalue weighted by molar-refractivity contribution is 7.13. The highest BCUT2D eigenvalue weighted by atomic mass is 32.1. The first-order valence-corrected chi connectivity index (χ1v) is 7.55. The van der Waals surface area contributed by atoms with Gasteiger partial charge in [-0.05, 0) is 5.92 Å². The molecule has 0 unspecified atom stereocenters. The van der Waals surface area contributed by atoms with E-state index in [1.807, 2.05) is 13.8 Å². The van der Waals surface area contributed by atoms with Crippen molar-refractivity contribution in [3.8, 4) is 0 Å². The van der Waals surface area contributed by atoms with Crippen LogP contribution in [0.2, 0.25) is 0 Å². The molecule has 2 N–H and O–H groups in total. The van der Waals surface area contributed by atoms with Crippen LogP contribution >= 0.6 is 11.3 Å². The average Bonchev–Trinajstić information content (AvgIpc) is 2.82. The number of rotatable bonds is 5. The summed E-state index contributed by atoms with van der Waals surface area (Å²) in [6.07, 6.45) is 0.845. The van der Waals surface area contributed by atoms with Crippen molar-refractivity contribution in [1.29, 1.82) is 0 Å². The van der Waals surface area contributed by atoms with E-state index in [9.17, 15) is 9.90 Å². The lowest BCUT2D eigenvalue weighted by molar-refractivity contribution is 0.0700. The number of nitrogens with zero attached hydrogens (tertiary/aromatic N) is 2. The van der Waals surface area contributed by atoms with E-state index in [1.165, 1.54) is 11.3 Å². The Morgan fingerprint density at radius 3 is 2.68 bits per heavy atom. The summed E-state index contributed by atoms with van der Waals surface area (Å²) >= 11 is 1.33. The van der Waals surface area contributed by atoms with Crippen LogP contribution in [0.3, 0.4) is 0 Å². The molecule has 19 heavy (non-hydrogen) atoms. The fraction of sp³-hybridized carbons (Fsp3) is 0.692. The molecule has 6 heteroatoms. The zero-order chi connectivity index (χ0) is 13.8. The zero-order valence-electron chi connectivity index (χ0n) is 11.5. The molecule has 0 aliphatic carbocycles. The third-order valence-electron chi connectivity index (χ3n) is 3.29. The van der Waals surface area contributed by atoms with Gasteiger partial charge in [0.25, 0.3) is 0 Å². The van der Waals surface area contributed by atoms with E-state index >= 15 is 0 Å². The Balaban J connectivity index is 2.00. The molecule has 1 aliphatic rings. The summed E-state index contributed by atoms with van der Waals surface area (Å²) in [6, 6.07) is 0. The minimum atomic E-state index is -0.852. The monoisotopic (exact) mass is 283 g/mol. The Morgan fingerprint density at radius 2 is 2.16 bits per heavy atom. The lowest BCUT2D eigenvalue weighted by Crippen LogP contribution is -2.44. The molecule has 0 spiro atoms. The number of aromatic carboxylic acids is 1. The molecule has 106 valence electrons. The van der Waals surface area contributed by atoms with E-state index in [4.69, 9.17) is 0 Å². The molecule has 0 radical (unpaired) electrons. The van der Waals surface area contributed by atoms with Crippen molar-refractivity contribution in [3.05, 3.63) is 15.6 Å². The molecule has 0 bridgehead atoms. The number of aromatic nitrogens is 1. The standard InChI is InChI=1S/C13H21N3O2S/c1-9(2)11-12(13(17)18)19-10(15-11)3-6-16-7-4-14-5-8-16/h9,14H,3-8H2,1-2H3,(H,17,18). The molecular weight excluding hydrogens is 262 g/mol. The van der Waals surface area contributed by atoms with E-state index in [0.29, 0.717) is 4.88 Å². The summed E-state index contributed by atoms with van der Waals surface area (Å²) in [5.41, 5.74) is 0.729. The van der Waals surface area contributed by atoms with Crippen molar-refractivity contribution in [1.82, 2.24) is 15.2 Å². The van der Waals surface area contributed by atoms with Crippen molar-refractivity contribution in [3.63, 3.8) is 0 Å². The van der Waals surface area contributed by atoms with Crippen LogP contribution in [0.15, 0.2) is 0 Å². The summed E-state index contributed by atoms with van der Waals surface area (Å²) in [6.45, 7) is 9.14. The van der Waals surface area contributed by atoms with E-state index in [0.717, 1.165) is 49.8 Å². The Labute approximate surface area is 117 Å². The Bertz CT molecular complexity index is 439. The number of nitrogens with one attached hydrogen (secondary N) is 1. The van der Waals surface area contributed by atoms with Crippen LogP contribution in [0.5, 0.6) is 0 Å². The maximum Gasteiger partial charge on any atom is 0.347 e. The molecule has 1 saturated heterocycles. The molecule has 0 atom stereocenters. The first-order valence-electron chi connectivity index (χ1n) is 6.74. The van der Waals surface area contributed by atoms with Gasteiger partial charge in [-0.3, -0.25) is 0 Å². The van der Waals surface area contributed by atoms with Gasteiger partial charge in [0, 0.05) is 39.1 Å². The molecular formula is C13H21N3O2S. The summed E-state index contributed by atoms with van der Waals surface area (Å²) in [5, 5.41) is 13.5. The molecule has 0 amide bonds. The lowest BCUT2D eigenvalue weighted by Gasteiger charge is -2.26. The predicted molar refractivity (Wildman–Crippen MR) is 76.2 cm³/mol. The summed E-state index contributed by atoms with van der Waals surface area (Å²) in [7, 11) is 0. The van der Waals surface area contributed by atoms with Gasteiger partial charge in [-0.25, -0.2) is 9.78 Å². The molecule has 1 aromatic heterocycles. The average molecular weight is 283 g/mol. The summed E-state index contributed by atoms with van der Waals surface area (Å²) < 4.78 is 0. The first-order chi connectivity index (χ1) is 9.08. The molecule has 2 rings (SSSR count). The molecule has 2 heterocycles. The van der Waals surface area contributed by atoms with Crippen LogP contribution in [-0.4, -0.2) is 53.7 Å². The second-order valence-electron chi connectivity index (χ2n) is 5.12. The quantitative estimate of drug-likeness (QED) is 0.855. The molecule has 1 fully saturated rings. The lowest BCUT2D eigenvalue weighted by atomic mass is 10.1. The van der Waals surface area contributed by atoms with Crippen molar-refractivity contribution in [2.45, 2.75) is 26.2 Å². The maximum atomic E-state index is 11.2. The van der Waals surface area contributed by atoms with Crippen molar-refractivity contribution in [2.24, 2.45) is 0 Å². The van der Waals surface area contributed by atoms with Crippen LogP contribution in [0, 0.1) is 0 Å². The van der Waals surface area contributed by atoms with Gasteiger partial charge >= 0.3 is 5.97 Å². The van der Waals surface area contributed by atoms with Crippen LogP contribution in [0.1, 0.15) is 40.1 Å². The van der Waals surface area contributed by atoms with E-state index in [2.05, 4.69) is 15.2 Å². The summed E-state index contributed by atoms with van der Waals surface area (Å²) in [4.78, 5) is 18.5. The van der Waals surface area contributed by atoms with Crippen molar-refractivity contribution in [2.75, 3.05) is 32.7 Å². The van der Waals surface area contributed by atoms with Gasteiger partial charge in [-0.1, -0.05) is 13.8 Å². The Morgan fingerprint density at radius 1 is 1.47 bits per heavy atom. The number of carboxylic acid groups (broad SMARTS) is 1. The van der Waals surface area contributed by atoms with Crippen LogP contribution in [-0.2, 0) is 6.42 Å². The Hall–Kier alpha value is -0.980. The van der Waals surface area contributed by atoms with Crippen LogP contribution < -0.4 is 5.32 Å². The van der Waals surface area contributed by atoms with Gasteiger partial charge in [-0.15, -0.1) is 11.3 Å². The van der Waals surface area contributed by atoms with Gasteiger partial charge in [0.05, 0.1) is 10.7 Å². The highest BCUT2D eigenvalue weighted by Crippen LogP contribution is 2.25. The second kappa shape index (κ2) is 6.45. The van der Waals surface area contributed by atoms with Gasteiger partial charge in [0.1, 0.15) is 4.88 Å². The SMILES string of the molecule is CC(C)c1nc(CCN2CCNCC2)sc1C(=O)O. The van der Waals surface area contributed by atoms with Gasteiger partial charge < -0.3 is 15.3 Å². The fourth-order valence-electron chi connectivity index (χ4n) is 2.22. The third kappa shape index (κ3) is 3.75. The van der Waals surface area contributed by atoms with Gasteiger partial charge in [0.15, 0.2) is 0 Å². The number of carbonyl (C=O) groups is 1. The topological polar surface area (TPSA) is 65.5 Å². The van der Waals surface area contributed by atoms with Gasteiger partial charge in [-0.2, -0.15) is 0 Å². The normalized spacial score (nSPS) is 17.0. The smallest absolute Gasteiger partial charge is 0.347 e. The number of carboxylic acids is 1. The first kappa shape index (κ1) is 14.4.